The average molecular weight is 306 g/mol. The highest BCUT2D eigenvalue weighted by atomic mass is 16.6. The van der Waals surface area contributed by atoms with Crippen molar-refractivity contribution >= 4 is 12.2 Å². The third-order valence-corrected chi connectivity index (χ3v) is 3.91. The van der Waals surface area contributed by atoms with Gasteiger partial charge in [0.25, 0.3) is 0 Å². The molecule has 1 saturated heterocycles. The van der Waals surface area contributed by atoms with E-state index in [1.165, 1.54) is 7.11 Å². The maximum Gasteiger partial charge on any atom is 0.410 e. The monoisotopic (exact) mass is 306 g/mol. The molecule has 120 valence electrons. The molecule has 2 amide bonds. The maximum absolute atomic E-state index is 12.1. The fourth-order valence-electron chi connectivity index (χ4n) is 2.44. The van der Waals surface area contributed by atoms with Gasteiger partial charge in [0.2, 0.25) is 0 Å². The average Bonchev–Trinajstić information content (AvgIpc) is 2.55. The van der Waals surface area contributed by atoms with E-state index in [1.54, 1.807) is 4.90 Å². The number of nitrogens with zero attached hydrogens (tertiary/aromatic N) is 1. The van der Waals surface area contributed by atoms with E-state index in [0.717, 1.165) is 12.0 Å². The fourth-order valence-corrected chi connectivity index (χ4v) is 2.44. The summed E-state index contributed by atoms with van der Waals surface area (Å²) in [5, 5.41) is 2.77. The van der Waals surface area contributed by atoms with E-state index in [1.807, 2.05) is 37.3 Å². The number of hydrogen-bond acceptors (Lipinski definition) is 4. The van der Waals surface area contributed by atoms with E-state index in [-0.39, 0.29) is 24.7 Å². The highest BCUT2D eigenvalue weighted by Gasteiger charge is 2.30. The molecule has 0 spiro atoms. The van der Waals surface area contributed by atoms with E-state index in [2.05, 4.69) is 10.1 Å². The number of alkyl carbamates (subject to hydrolysis) is 1. The topological polar surface area (TPSA) is 67.9 Å². The molecule has 1 N–H and O–H groups in total. The highest BCUT2D eigenvalue weighted by molar-refractivity contribution is 5.69. The lowest BCUT2D eigenvalue weighted by Crippen LogP contribution is -2.53. The minimum absolute atomic E-state index is 0.120. The Labute approximate surface area is 130 Å². The second-order valence-corrected chi connectivity index (χ2v) is 5.49. The van der Waals surface area contributed by atoms with Crippen LogP contribution in [0.25, 0.3) is 0 Å². The number of hydrogen-bond donors (Lipinski definition) is 1. The molecule has 1 aromatic rings. The molecule has 1 aliphatic rings. The van der Waals surface area contributed by atoms with Crippen molar-refractivity contribution in [2.75, 3.05) is 20.2 Å². The predicted molar refractivity (Wildman–Crippen MR) is 81.3 cm³/mol. The van der Waals surface area contributed by atoms with E-state index in [0.29, 0.717) is 13.1 Å². The van der Waals surface area contributed by atoms with Gasteiger partial charge in [-0.3, -0.25) is 0 Å². The quantitative estimate of drug-likeness (QED) is 0.931. The summed E-state index contributed by atoms with van der Waals surface area (Å²) in [5.41, 5.74) is 0.950. The van der Waals surface area contributed by atoms with E-state index >= 15 is 0 Å². The molecule has 6 nitrogen and oxygen atoms in total. The Morgan fingerprint density at radius 3 is 2.73 bits per heavy atom. The third-order valence-electron chi connectivity index (χ3n) is 3.91. The van der Waals surface area contributed by atoms with Gasteiger partial charge in [0.1, 0.15) is 6.61 Å². The minimum atomic E-state index is -0.476. The predicted octanol–water partition coefficient (Wildman–Crippen LogP) is 2.39. The van der Waals surface area contributed by atoms with Gasteiger partial charge in [-0.15, -0.1) is 0 Å². The van der Waals surface area contributed by atoms with Gasteiger partial charge in [0.05, 0.1) is 13.2 Å². The first kappa shape index (κ1) is 16.1. The van der Waals surface area contributed by atoms with E-state index in [9.17, 15) is 9.59 Å². The summed E-state index contributed by atoms with van der Waals surface area (Å²) < 4.78 is 9.94. The zero-order chi connectivity index (χ0) is 15.9. The summed E-state index contributed by atoms with van der Waals surface area (Å²) in [5.74, 6) is 0.289. The van der Waals surface area contributed by atoms with Crippen molar-refractivity contribution in [3.8, 4) is 0 Å². The lowest BCUT2D eigenvalue weighted by Gasteiger charge is -2.36. The molecule has 0 saturated carbocycles. The van der Waals surface area contributed by atoms with Crippen LogP contribution < -0.4 is 5.32 Å². The van der Waals surface area contributed by atoms with Crippen molar-refractivity contribution < 1.29 is 19.1 Å². The molecule has 2 atom stereocenters. The number of benzene rings is 1. The molecule has 22 heavy (non-hydrogen) atoms. The summed E-state index contributed by atoms with van der Waals surface area (Å²) >= 11 is 0. The molecule has 0 bridgehead atoms. The van der Waals surface area contributed by atoms with Crippen LogP contribution in [-0.2, 0) is 16.1 Å². The van der Waals surface area contributed by atoms with Gasteiger partial charge in [0, 0.05) is 13.1 Å². The molecule has 1 fully saturated rings. The number of carbonyl (C=O) groups is 2. The number of piperidine rings is 1. The molecule has 1 heterocycles. The number of methoxy groups -OCH3 is 1. The highest BCUT2D eigenvalue weighted by Crippen LogP contribution is 2.18. The Kier molecular flexibility index (Phi) is 5.63. The number of amides is 2. The summed E-state index contributed by atoms with van der Waals surface area (Å²) in [6.07, 6.45) is -0.0153. The molecule has 2 rings (SSSR count). The molecular formula is C16H22N2O4. The number of rotatable bonds is 3. The Morgan fingerprint density at radius 2 is 2.05 bits per heavy atom. The molecular weight excluding hydrogens is 284 g/mol. The zero-order valence-electron chi connectivity index (χ0n) is 13.0. The largest absolute Gasteiger partial charge is 0.453 e. The van der Waals surface area contributed by atoms with Crippen molar-refractivity contribution in [2.45, 2.75) is 26.0 Å². The zero-order valence-corrected chi connectivity index (χ0v) is 13.0. The van der Waals surface area contributed by atoms with Crippen molar-refractivity contribution in [3.05, 3.63) is 35.9 Å². The molecule has 0 radical (unpaired) electrons. The first-order valence-corrected chi connectivity index (χ1v) is 7.40. The van der Waals surface area contributed by atoms with Gasteiger partial charge in [-0.25, -0.2) is 9.59 Å². The van der Waals surface area contributed by atoms with Crippen LogP contribution in [0.5, 0.6) is 0 Å². The van der Waals surface area contributed by atoms with Crippen LogP contribution in [0.1, 0.15) is 18.9 Å². The number of ether oxygens (including phenoxy) is 2. The minimum Gasteiger partial charge on any atom is -0.453 e. The number of carbonyl (C=O) groups excluding carboxylic acids is 2. The SMILES string of the molecule is COC(=O)N[C@@H]1CN(C(=O)OCc2ccccc2)CC[C@@H]1C. The fraction of sp³-hybridized carbons (Fsp3) is 0.500. The van der Waals surface area contributed by atoms with Gasteiger partial charge in [0.15, 0.2) is 0 Å². The van der Waals surface area contributed by atoms with Crippen molar-refractivity contribution in [1.29, 1.82) is 0 Å². The second kappa shape index (κ2) is 7.68. The lowest BCUT2D eigenvalue weighted by molar-refractivity contribution is 0.0725. The van der Waals surface area contributed by atoms with Gasteiger partial charge in [-0.05, 0) is 17.9 Å². The van der Waals surface area contributed by atoms with Crippen LogP contribution in [0.3, 0.4) is 0 Å². The normalized spacial score (nSPS) is 21.1. The Bertz CT molecular complexity index is 506. The first-order chi connectivity index (χ1) is 10.6. The van der Waals surface area contributed by atoms with Gasteiger partial charge in [-0.2, -0.15) is 0 Å². The molecule has 1 aliphatic heterocycles. The third kappa shape index (κ3) is 4.38. The van der Waals surface area contributed by atoms with Crippen LogP contribution in [0.2, 0.25) is 0 Å². The van der Waals surface area contributed by atoms with Gasteiger partial charge in [-0.1, -0.05) is 37.3 Å². The summed E-state index contributed by atoms with van der Waals surface area (Å²) in [6.45, 7) is 3.37. The Hall–Kier alpha value is -2.24. The van der Waals surface area contributed by atoms with Crippen LogP contribution in [0.15, 0.2) is 30.3 Å². The van der Waals surface area contributed by atoms with E-state index < -0.39 is 6.09 Å². The maximum atomic E-state index is 12.1. The summed E-state index contributed by atoms with van der Waals surface area (Å²) in [4.78, 5) is 25.1. The molecule has 0 aliphatic carbocycles. The molecule has 6 heteroatoms. The first-order valence-electron chi connectivity index (χ1n) is 7.40. The van der Waals surface area contributed by atoms with Crippen LogP contribution in [0, 0.1) is 5.92 Å². The van der Waals surface area contributed by atoms with Crippen molar-refractivity contribution in [3.63, 3.8) is 0 Å². The van der Waals surface area contributed by atoms with E-state index in [4.69, 9.17) is 4.74 Å². The summed E-state index contributed by atoms with van der Waals surface area (Å²) in [7, 11) is 1.33. The van der Waals surface area contributed by atoms with Crippen molar-refractivity contribution in [2.24, 2.45) is 5.92 Å². The molecule has 0 aromatic heterocycles. The molecule has 1 aromatic carbocycles. The van der Waals surface area contributed by atoms with Gasteiger partial charge < -0.3 is 19.7 Å². The number of nitrogens with one attached hydrogen (secondary N) is 1. The van der Waals surface area contributed by atoms with Crippen LogP contribution in [-0.4, -0.2) is 43.3 Å². The summed E-state index contributed by atoms with van der Waals surface area (Å²) in [6, 6.07) is 9.43. The number of likely N-dealkylation sites (tertiary alicyclic amines) is 1. The Balaban J connectivity index is 1.85. The van der Waals surface area contributed by atoms with Crippen molar-refractivity contribution in [1.82, 2.24) is 10.2 Å². The second-order valence-electron chi connectivity index (χ2n) is 5.49. The van der Waals surface area contributed by atoms with Crippen LogP contribution >= 0.6 is 0 Å². The van der Waals surface area contributed by atoms with Gasteiger partial charge >= 0.3 is 12.2 Å². The molecule has 0 unspecified atom stereocenters. The smallest absolute Gasteiger partial charge is 0.410 e. The van der Waals surface area contributed by atoms with Crippen LogP contribution in [0.4, 0.5) is 9.59 Å². The standard InChI is InChI=1S/C16H22N2O4/c1-12-8-9-18(10-14(12)17-15(19)21-2)16(20)22-11-13-6-4-3-5-7-13/h3-7,12,14H,8-11H2,1-2H3,(H,17,19)/t12-,14+/m0/s1. The lowest BCUT2D eigenvalue weighted by atomic mass is 9.94. The Morgan fingerprint density at radius 1 is 1.32 bits per heavy atom.